The van der Waals surface area contributed by atoms with Gasteiger partial charge < -0.3 is 15.0 Å². The van der Waals surface area contributed by atoms with Crippen LogP contribution in [0.2, 0.25) is 0 Å². The Morgan fingerprint density at radius 3 is 2.89 bits per heavy atom. The molecule has 1 unspecified atom stereocenters. The summed E-state index contributed by atoms with van der Waals surface area (Å²) in [6.45, 7) is 2.90. The molecule has 0 saturated heterocycles. The van der Waals surface area contributed by atoms with E-state index in [9.17, 15) is 0 Å². The van der Waals surface area contributed by atoms with Crippen LogP contribution in [-0.4, -0.2) is 17.7 Å². The zero-order valence-corrected chi connectivity index (χ0v) is 10.8. The maximum Gasteiger partial charge on any atom is 0.119 e. The molecule has 3 rings (SSSR count). The zero-order valence-electron chi connectivity index (χ0n) is 10.8. The first-order valence-corrected chi connectivity index (χ1v) is 6.30. The minimum absolute atomic E-state index is 0.170. The number of hydrogen-bond donors (Lipinski definition) is 1. The fourth-order valence-electron chi connectivity index (χ4n) is 2.73. The maximum absolute atomic E-state index is 5.90. The summed E-state index contributed by atoms with van der Waals surface area (Å²) in [5.74, 6) is 0.928. The molecule has 1 aliphatic carbocycles. The Balaban J connectivity index is 2.05. The van der Waals surface area contributed by atoms with Crippen LogP contribution < -0.4 is 10.5 Å². The topological polar surface area (TPSA) is 40.2 Å². The summed E-state index contributed by atoms with van der Waals surface area (Å²) in [4.78, 5) is 0. The lowest BCUT2D eigenvalue weighted by atomic mass is 10.1. The van der Waals surface area contributed by atoms with E-state index in [0.717, 1.165) is 18.7 Å². The second kappa shape index (κ2) is 4.18. The van der Waals surface area contributed by atoms with Crippen LogP contribution in [0.15, 0.2) is 30.5 Å². The summed E-state index contributed by atoms with van der Waals surface area (Å²) in [6.07, 6.45) is 3.13. The summed E-state index contributed by atoms with van der Waals surface area (Å²) < 4.78 is 7.55. The molecule has 0 aliphatic heterocycles. The van der Waals surface area contributed by atoms with Gasteiger partial charge in [0.1, 0.15) is 5.75 Å². The number of aromatic nitrogens is 1. The fraction of sp³-hybridized carbons (Fsp3) is 0.333. The molecule has 1 aromatic carbocycles. The maximum atomic E-state index is 5.90. The van der Waals surface area contributed by atoms with Gasteiger partial charge in [-0.1, -0.05) is 0 Å². The monoisotopic (exact) mass is 242 g/mol. The van der Waals surface area contributed by atoms with E-state index in [2.05, 4.69) is 29.0 Å². The highest BCUT2D eigenvalue weighted by Gasteiger charge is 2.22. The lowest BCUT2D eigenvalue weighted by Gasteiger charge is -2.12. The first-order valence-electron chi connectivity index (χ1n) is 6.30. The summed E-state index contributed by atoms with van der Waals surface area (Å²) in [5.41, 5.74) is 11.3. The molecule has 0 saturated carbocycles. The normalized spacial score (nSPS) is 14.2. The van der Waals surface area contributed by atoms with Crippen molar-refractivity contribution in [2.45, 2.75) is 25.9 Å². The van der Waals surface area contributed by atoms with Crippen LogP contribution in [0.1, 0.15) is 18.1 Å². The largest absolute Gasteiger partial charge is 0.497 e. The third kappa shape index (κ3) is 1.71. The molecule has 18 heavy (non-hydrogen) atoms. The third-order valence-electron chi connectivity index (χ3n) is 3.48. The van der Waals surface area contributed by atoms with Crippen LogP contribution in [0.5, 0.6) is 5.75 Å². The molecule has 94 valence electrons. The molecule has 3 nitrogen and oxygen atoms in total. The van der Waals surface area contributed by atoms with Gasteiger partial charge in [-0.15, -0.1) is 0 Å². The Hall–Kier alpha value is -1.74. The Morgan fingerprint density at radius 1 is 1.33 bits per heavy atom. The summed E-state index contributed by atoms with van der Waals surface area (Å²) >= 11 is 0. The van der Waals surface area contributed by atoms with Gasteiger partial charge in [-0.25, -0.2) is 0 Å². The SMILES string of the molecule is COc1ccc2c(c1)Cc1ccn(CC(C)N)c1-2. The average Bonchev–Trinajstić information content (AvgIpc) is 2.87. The van der Waals surface area contributed by atoms with Gasteiger partial charge >= 0.3 is 0 Å². The summed E-state index contributed by atoms with van der Waals surface area (Å²) in [5, 5.41) is 0. The number of rotatable bonds is 3. The van der Waals surface area contributed by atoms with Gasteiger partial charge in [-0.3, -0.25) is 0 Å². The molecule has 0 amide bonds. The van der Waals surface area contributed by atoms with Crippen LogP contribution in [0, 0.1) is 0 Å². The fourth-order valence-corrected chi connectivity index (χ4v) is 2.73. The number of ether oxygens (including phenoxy) is 1. The van der Waals surface area contributed by atoms with Crippen molar-refractivity contribution < 1.29 is 4.74 Å². The van der Waals surface area contributed by atoms with E-state index in [-0.39, 0.29) is 6.04 Å². The molecule has 0 bridgehead atoms. The van der Waals surface area contributed by atoms with E-state index in [1.54, 1.807) is 7.11 Å². The van der Waals surface area contributed by atoms with E-state index in [4.69, 9.17) is 10.5 Å². The van der Waals surface area contributed by atoms with E-state index >= 15 is 0 Å². The molecule has 2 aromatic rings. The Kier molecular flexibility index (Phi) is 2.63. The molecule has 0 radical (unpaired) electrons. The number of nitrogens with two attached hydrogens (primary N) is 1. The molecule has 1 aromatic heterocycles. The Morgan fingerprint density at radius 2 is 2.17 bits per heavy atom. The van der Waals surface area contributed by atoms with E-state index in [0.29, 0.717) is 0 Å². The van der Waals surface area contributed by atoms with Crippen LogP contribution >= 0.6 is 0 Å². The van der Waals surface area contributed by atoms with Gasteiger partial charge in [0.25, 0.3) is 0 Å². The Bertz CT molecular complexity index is 584. The van der Waals surface area contributed by atoms with Gasteiger partial charge in [0.05, 0.1) is 12.8 Å². The first-order chi connectivity index (χ1) is 8.69. The standard InChI is InChI=1S/C15H18N2O/c1-10(16)9-17-6-5-11-7-12-8-13(18-2)3-4-14(12)15(11)17/h3-6,8,10H,7,9,16H2,1-2H3. The second-order valence-electron chi connectivity index (χ2n) is 5.02. The quantitative estimate of drug-likeness (QED) is 0.766. The molecular formula is C15H18N2O. The molecule has 1 heterocycles. The van der Waals surface area contributed by atoms with E-state index in [1.807, 2.05) is 13.0 Å². The van der Waals surface area contributed by atoms with Crippen LogP contribution in [0.25, 0.3) is 11.3 Å². The van der Waals surface area contributed by atoms with Crippen molar-refractivity contribution >= 4 is 0 Å². The number of benzene rings is 1. The minimum atomic E-state index is 0.170. The van der Waals surface area contributed by atoms with Crippen LogP contribution in [-0.2, 0) is 13.0 Å². The van der Waals surface area contributed by atoms with Crippen molar-refractivity contribution in [2.24, 2.45) is 5.73 Å². The smallest absolute Gasteiger partial charge is 0.119 e. The molecule has 1 aliphatic rings. The third-order valence-corrected chi connectivity index (χ3v) is 3.48. The number of hydrogen-bond acceptors (Lipinski definition) is 2. The van der Waals surface area contributed by atoms with Crippen molar-refractivity contribution in [1.82, 2.24) is 4.57 Å². The van der Waals surface area contributed by atoms with Crippen molar-refractivity contribution in [3.63, 3.8) is 0 Å². The molecule has 0 spiro atoms. The minimum Gasteiger partial charge on any atom is -0.497 e. The molecule has 2 N–H and O–H groups in total. The van der Waals surface area contributed by atoms with Crippen molar-refractivity contribution in [2.75, 3.05) is 7.11 Å². The predicted molar refractivity (Wildman–Crippen MR) is 72.9 cm³/mol. The van der Waals surface area contributed by atoms with Gasteiger partial charge in [-0.05, 0) is 42.3 Å². The highest BCUT2D eigenvalue weighted by Crippen LogP contribution is 2.38. The molecule has 1 atom stereocenters. The van der Waals surface area contributed by atoms with E-state index in [1.165, 1.54) is 22.4 Å². The predicted octanol–water partition coefficient (Wildman–Crippen LogP) is 2.42. The van der Waals surface area contributed by atoms with Gasteiger partial charge in [0.2, 0.25) is 0 Å². The van der Waals surface area contributed by atoms with Gasteiger partial charge in [0, 0.05) is 30.8 Å². The molecule has 3 heteroatoms. The first kappa shape index (κ1) is 11.4. The second-order valence-corrected chi connectivity index (χ2v) is 5.02. The van der Waals surface area contributed by atoms with Gasteiger partial charge in [-0.2, -0.15) is 0 Å². The Labute approximate surface area is 107 Å². The average molecular weight is 242 g/mol. The summed E-state index contributed by atoms with van der Waals surface area (Å²) in [7, 11) is 1.71. The lowest BCUT2D eigenvalue weighted by Crippen LogP contribution is -2.22. The van der Waals surface area contributed by atoms with Gasteiger partial charge in [0.15, 0.2) is 0 Å². The molecule has 0 fully saturated rings. The highest BCUT2D eigenvalue weighted by molar-refractivity contribution is 5.75. The number of nitrogens with zero attached hydrogens (tertiary/aromatic N) is 1. The summed E-state index contributed by atoms with van der Waals surface area (Å²) in [6, 6.07) is 8.67. The number of fused-ring (bicyclic) bond motifs is 3. The van der Waals surface area contributed by atoms with Crippen molar-refractivity contribution in [3.8, 4) is 17.0 Å². The highest BCUT2D eigenvalue weighted by atomic mass is 16.5. The number of methoxy groups -OCH3 is 1. The van der Waals surface area contributed by atoms with Crippen LogP contribution in [0.3, 0.4) is 0 Å². The lowest BCUT2D eigenvalue weighted by molar-refractivity contribution is 0.414. The molecular weight excluding hydrogens is 224 g/mol. The van der Waals surface area contributed by atoms with Crippen molar-refractivity contribution in [3.05, 3.63) is 41.6 Å². The van der Waals surface area contributed by atoms with Crippen molar-refractivity contribution in [1.29, 1.82) is 0 Å². The van der Waals surface area contributed by atoms with E-state index < -0.39 is 0 Å². The zero-order chi connectivity index (χ0) is 12.7. The van der Waals surface area contributed by atoms with Crippen LogP contribution in [0.4, 0.5) is 0 Å².